The molecule has 0 aliphatic carbocycles. The van der Waals surface area contributed by atoms with Crippen LogP contribution in [0.2, 0.25) is 0 Å². The minimum atomic E-state index is -3.34. The van der Waals surface area contributed by atoms with Crippen molar-refractivity contribution in [1.82, 2.24) is 4.98 Å². The molecule has 0 fully saturated rings. The summed E-state index contributed by atoms with van der Waals surface area (Å²) in [6.07, 6.45) is 6.17. The molecule has 0 amide bonds. The first-order valence-corrected chi connectivity index (χ1v) is 11.4. The monoisotopic (exact) mass is 384 g/mol. The highest BCUT2D eigenvalue weighted by molar-refractivity contribution is 7.92. The van der Waals surface area contributed by atoms with Crippen molar-refractivity contribution >= 4 is 26.6 Å². The van der Waals surface area contributed by atoms with Crippen molar-refractivity contribution in [2.75, 3.05) is 11.0 Å². The van der Waals surface area contributed by atoms with E-state index in [4.69, 9.17) is 0 Å². The zero-order chi connectivity index (χ0) is 19.7. The van der Waals surface area contributed by atoms with Gasteiger partial charge in [-0.15, -0.1) is 0 Å². The van der Waals surface area contributed by atoms with Crippen LogP contribution in [0.3, 0.4) is 0 Å². The number of benzene rings is 2. The van der Waals surface area contributed by atoms with Crippen LogP contribution in [0.5, 0.6) is 0 Å². The van der Waals surface area contributed by atoms with Gasteiger partial charge in [0.1, 0.15) is 0 Å². The van der Waals surface area contributed by atoms with Gasteiger partial charge in [-0.05, 0) is 42.0 Å². The van der Waals surface area contributed by atoms with Crippen molar-refractivity contribution in [3.63, 3.8) is 0 Å². The van der Waals surface area contributed by atoms with Crippen LogP contribution in [0.4, 0.5) is 5.69 Å². The third-order valence-electron chi connectivity index (χ3n) is 5.65. The second-order valence-electron chi connectivity index (χ2n) is 7.14. The Labute approximate surface area is 162 Å². The summed E-state index contributed by atoms with van der Waals surface area (Å²) in [4.78, 5) is 3.32. The van der Waals surface area contributed by atoms with E-state index in [1.807, 2.05) is 12.3 Å². The van der Waals surface area contributed by atoms with Crippen LogP contribution >= 0.6 is 0 Å². The number of anilines is 1. The Kier molecular flexibility index (Phi) is 5.33. The highest BCUT2D eigenvalue weighted by Crippen LogP contribution is 2.43. The molecular weight excluding hydrogens is 356 g/mol. The third kappa shape index (κ3) is 3.61. The third-order valence-corrected chi connectivity index (χ3v) is 6.24. The molecule has 0 aliphatic heterocycles. The largest absolute Gasteiger partial charge is 0.359 e. The zero-order valence-electron chi connectivity index (χ0n) is 16.5. The molecule has 0 spiro atoms. The molecule has 1 aromatic heterocycles. The lowest BCUT2D eigenvalue weighted by Crippen LogP contribution is -2.25. The maximum absolute atomic E-state index is 11.7. The molecule has 3 aromatic rings. The van der Waals surface area contributed by atoms with E-state index in [-0.39, 0.29) is 5.41 Å². The summed E-state index contributed by atoms with van der Waals surface area (Å²) in [5.41, 5.74) is 5.14. The SMILES string of the molecule is CCc1ccc(C(CC)(CC)c2c[nH]c3c(NS(C)(=O)=O)cccc23)cc1. The number of para-hydroxylation sites is 1. The number of sulfonamides is 1. The summed E-state index contributed by atoms with van der Waals surface area (Å²) >= 11 is 0. The van der Waals surface area contributed by atoms with Gasteiger partial charge in [0.2, 0.25) is 10.0 Å². The van der Waals surface area contributed by atoms with E-state index in [1.165, 1.54) is 22.9 Å². The number of aromatic amines is 1. The first kappa shape index (κ1) is 19.5. The van der Waals surface area contributed by atoms with Gasteiger partial charge in [-0.2, -0.15) is 0 Å². The quantitative estimate of drug-likeness (QED) is 0.587. The predicted molar refractivity (Wildman–Crippen MR) is 114 cm³/mol. The Hall–Kier alpha value is -2.27. The van der Waals surface area contributed by atoms with Crippen LogP contribution < -0.4 is 4.72 Å². The van der Waals surface area contributed by atoms with Crippen LogP contribution in [0, 0.1) is 0 Å². The van der Waals surface area contributed by atoms with Gasteiger partial charge in [0.15, 0.2) is 0 Å². The Morgan fingerprint density at radius 1 is 1.00 bits per heavy atom. The van der Waals surface area contributed by atoms with E-state index in [2.05, 4.69) is 60.8 Å². The molecular formula is C22H28N2O2S. The lowest BCUT2D eigenvalue weighted by Gasteiger charge is -2.33. The molecule has 0 unspecified atom stereocenters. The minimum absolute atomic E-state index is 0.117. The Balaban J connectivity index is 2.19. The van der Waals surface area contributed by atoms with E-state index < -0.39 is 10.0 Å². The zero-order valence-corrected chi connectivity index (χ0v) is 17.3. The molecule has 0 saturated heterocycles. The molecule has 0 radical (unpaired) electrons. The summed E-state index contributed by atoms with van der Waals surface area (Å²) in [7, 11) is -3.34. The lowest BCUT2D eigenvalue weighted by atomic mass is 9.70. The average molecular weight is 385 g/mol. The Morgan fingerprint density at radius 2 is 1.67 bits per heavy atom. The van der Waals surface area contributed by atoms with E-state index in [1.54, 1.807) is 6.07 Å². The second-order valence-corrected chi connectivity index (χ2v) is 8.89. The summed E-state index contributed by atoms with van der Waals surface area (Å²) in [6, 6.07) is 14.7. The standard InChI is InChI=1S/C22H28N2O2S/c1-5-16-11-13-17(14-12-16)22(6-2,7-3)19-15-23-21-18(19)9-8-10-20(21)24-27(4,25)26/h8-15,23-24H,5-7H2,1-4H3. The molecule has 0 bridgehead atoms. The Bertz CT molecular complexity index is 1030. The van der Waals surface area contributed by atoms with Crippen LogP contribution in [0.15, 0.2) is 48.7 Å². The minimum Gasteiger partial charge on any atom is -0.359 e. The van der Waals surface area contributed by atoms with Crippen molar-refractivity contribution < 1.29 is 8.42 Å². The highest BCUT2D eigenvalue weighted by Gasteiger charge is 2.33. The summed E-state index contributed by atoms with van der Waals surface area (Å²) < 4.78 is 26.1. The van der Waals surface area contributed by atoms with Gasteiger partial charge >= 0.3 is 0 Å². The summed E-state index contributed by atoms with van der Waals surface area (Å²) in [5.74, 6) is 0. The van der Waals surface area contributed by atoms with Crippen molar-refractivity contribution in [2.24, 2.45) is 0 Å². The van der Waals surface area contributed by atoms with Crippen molar-refractivity contribution in [3.8, 4) is 0 Å². The van der Waals surface area contributed by atoms with Gasteiger partial charge < -0.3 is 4.98 Å². The van der Waals surface area contributed by atoms with E-state index >= 15 is 0 Å². The van der Waals surface area contributed by atoms with Crippen LogP contribution in [0.25, 0.3) is 10.9 Å². The van der Waals surface area contributed by atoms with Gasteiger partial charge in [0.05, 0.1) is 17.5 Å². The molecule has 0 saturated carbocycles. The maximum atomic E-state index is 11.7. The molecule has 0 atom stereocenters. The van der Waals surface area contributed by atoms with E-state index in [9.17, 15) is 8.42 Å². The molecule has 3 rings (SSSR count). The first-order chi connectivity index (χ1) is 12.8. The summed E-state index contributed by atoms with van der Waals surface area (Å²) in [6.45, 7) is 6.60. The van der Waals surface area contributed by atoms with Crippen molar-refractivity contribution in [1.29, 1.82) is 0 Å². The predicted octanol–water partition coefficient (Wildman–Crippen LogP) is 5.21. The van der Waals surface area contributed by atoms with Gasteiger partial charge in [0.25, 0.3) is 0 Å². The fourth-order valence-electron chi connectivity index (χ4n) is 4.09. The molecule has 2 N–H and O–H groups in total. The van der Waals surface area contributed by atoms with Crippen LogP contribution in [-0.2, 0) is 21.9 Å². The number of nitrogens with one attached hydrogen (secondary N) is 2. The van der Waals surface area contributed by atoms with Crippen molar-refractivity contribution in [3.05, 3.63) is 65.4 Å². The maximum Gasteiger partial charge on any atom is 0.229 e. The second kappa shape index (κ2) is 7.39. The lowest BCUT2D eigenvalue weighted by molar-refractivity contribution is 0.482. The number of aromatic nitrogens is 1. The summed E-state index contributed by atoms with van der Waals surface area (Å²) in [5, 5.41) is 1.06. The van der Waals surface area contributed by atoms with Crippen LogP contribution in [-0.4, -0.2) is 19.7 Å². The molecule has 2 aromatic carbocycles. The number of hydrogen-bond acceptors (Lipinski definition) is 2. The normalized spacial score (nSPS) is 12.4. The highest BCUT2D eigenvalue weighted by atomic mass is 32.2. The van der Waals surface area contributed by atoms with E-state index in [0.717, 1.165) is 30.2 Å². The first-order valence-electron chi connectivity index (χ1n) is 9.52. The van der Waals surface area contributed by atoms with Crippen LogP contribution in [0.1, 0.15) is 50.3 Å². The molecule has 0 aliphatic rings. The molecule has 4 nitrogen and oxygen atoms in total. The van der Waals surface area contributed by atoms with Gasteiger partial charge in [0, 0.05) is 17.0 Å². The molecule has 1 heterocycles. The van der Waals surface area contributed by atoms with Gasteiger partial charge in [-0.25, -0.2) is 8.42 Å². The number of hydrogen-bond donors (Lipinski definition) is 2. The fraction of sp³-hybridized carbons (Fsp3) is 0.364. The molecule has 5 heteroatoms. The number of H-pyrrole nitrogens is 1. The fourth-order valence-corrected chi connectivity index (χ4v) is 4.66. The Morgan fingerprint density at radius 3 is 2.22 bits per heavy atom. The average Bonchev–Trinajstić information content (AvgIpc) is 3.08. The van der Waals surface area contributed by atoms with E-state index in [0.29, 0.717) is 5.69 Å². The number of fused-ring (bicyclic) bond motifs is 1. The van der Waals surface area contributed by atoms with Gasteiger partial charge in [-0.3, -0.25) is 4.72 Å². The molecule has 27 heavy (non-hydrogen) atoms. The van der Waals surface area contributed by atoms with Crippen molar-refractivity contribution in [2.45, 2.75) is 45.4 Å². The van der Waals surface area contributed by atoms with Gasteiger partial charge in [-0.1, -0.05) is 57.2 Å². The smallest absolute Gasteiger partial charge is 0.229 e. The molecule has 144 valence electrons. The number of rotatable bonds is 7. The topological polar surface area (TPSA) is 62.0 Å². The number of aryl methyl sites for hydroxylation is 1.